The number of hydrogen-bond donors (Lipinski definition) is 2. The molecule has 7 heteroatoms. The van der Waals surface area contributed by atoms with Crippen molar-refractivity contribution in [2.45, 2.75) is 24.8 Å². The number of sulfonamides is 1. The third-order valence-corrected chi connectivity index (χ3v) is 5.45. The van der Waals surface area contributed by atoms with E-state index in [1.165, 1.54) is 24.3 Å². The molecule has 27 heavy (non-hydrogen) atoms. The number of carbonyl (C=O) groups excluding carboxylic acids is 1. The molecule has 3 rings (SSSR count). The van der Waals surface area contributed by atoms with Gasteiger partial charge in [0.15, 0.2) is 0 Å². The molecule has 0 aliphatic carbocycles. The molecule has 140 valence electrons. The summed E-state index contributed by atoms with van der Waals surface area (Å²) in [4.78, 5) is 12.4. The van der Waals surface area contributed by atoms with Crippen LogP contribution in [-0.4, -0.2) is 14.3 Å². The fourth-order valence-electron chi connectivity index (χ4n) is 2.51. The molecule has 0 fully saturated rings. The third kappa shape index (κ3) is 4.57. The molecular formula is C20H20N2O4S. The molecule has 0 bridgehead atoms. The van der Waals surface area contributed by atoms with Crippen LogP contribution in [0.4, 0.5) is 5.69 Å². The van der Waals surface area contributed by atoms with Crippen LogP contribution in [-0.2, 0) is 10.0 Å². The summed E-state index contributed by atoms with van der Waals surface area (Å²) in [6, 6.07) is 16.1. The molecule has 2 aromatic carbocycles. The molecule has 0 aliphatic rings. The Morgan fingerprint density at radius 1 is 1.00 bits per heavy atom. The summed E-state index contributed by atoms with van der Waals surface area (Å²) in [5.74, 6) is 0.333. The summed E-state index contributed by atoms with van der Waals surface area (Å²) in [5, 5.41) is 2.80. The summed E-state index contributed by atoms with van der Waals surface area (Å²) >= 11 is 0. The van der Waals surface area contributed by atoms with E-state index in [0.717, 1.165) is 5.56 Å². The number of anilines is 1. The maximum atomic E-state index is 12.5. The lowest BCUT2D eigenvalue weighted by Gasteiger charge is -2.12. The SMILES string of the molecule is Cc1ccc(NS(=O)(=O)c2ccc(C(=O)N[C@@H](C)c3ccco3)cc2)cc1. The van der Waals surface area contributed by atoms with Crippen molar-refractivity contribution in [3.05, 3.63) is 83.8 Å². The number of carbonyl (C=O) groups is 1. The van der Waals surface area contributed by atoms with Gasteiger partial charge in [-0.15, -0.1) is 0 Å². The molecule has 1 heterocycles. The molecule has 0 unspecified atom stereocenters. The largest absolute Gasteiger partial charge is 0.467 e. The summed E-state index contributed by atoms with van der Waals surface area (Å²) in [6.07, 6.45) is 1.54. The highest BCUT2D eigenvalue weighted by Gasteiger charge is 2.17. The van der Waals surface area contributed by atoms with Gasteiger partial charge < -0.3 is 9.73 Å². The van der Waals surface area contributed by atoms with E-state index < -0.39 is 10.0 Å². The summed E-state index contributed by atoms with van der Waals surface area (Å²) in [5.41, 5.74) is 1.88. The predicted octanol–water partition coefficient (Wildman–Crippen LogP) is 3.88. The van der Waals surface area contributed by atoms with E-state index in [-0.39, 0.29) is 16.8 Å². The van der Waals surface area contributed by atoms with E-state index in [2.05, 4.69) is 10.0 Å². The summed E-state index contributed by atoms with van der Waals surface area (Å²) in [6.45, 7) is 3.73. The molecule has 0 radical (unpaired) electrons. The predicted molar refractivity (Wildman–Crippen MR) is 103 cm³/mol. The fourth-order valence-corrected chi connectivity index (χ4v) is 3.57. The van der Waals surface area contributed by atoms with Crippen LogP contribution in [0, 0.1) is 6.92 Å². The number of nitrogens with one attached hydrogen (secondary N) is 2. The molecule has 1 atom stereocenters. The Kier molecular flexibility index (Phi) is 5.32. The van der Waals surface area contributed by atoms with Gasteiger partial charge in [-0.2, -0.15) is 0 Å². The zero-order valence-electron chi connectivity index (χ0n) is 15.0. The lowest BCUT2D eigenvalue weighted by Crippen LogP contribution is -2.26. The third-order valence-electron chi connectivity index (χ3n) is 4.05. The Labute approximate surface area is 158 Å². The van der Waals surface area contributed by atoms with Crippen molar-refractivity contribution >= 4 is 21.6 Å². The molecule has 6 nitrogen and oxygen atoms in total. The zero-order chi connectivity index (χ0) is 19.4. The van der Waals surface area contributed by atoms with Crippen molar-refractivity contribution in [1.82, 2.24) is 5.32 Å². The standard InChI is InChI=1S/C20H20N2O4S/c1-14-5-9-17(10-6-14)22-27(24,25)18-11-7-16(8-12-18)20(23)21-15(2)19-4-3-13-26-19/h3-13,15,22H,1-2H3,(H,21,23)/t15-/m0/s1. The van der Waals surface area contributed by atoms with Gasteiger partial charge in [0.25, 0.3) is 15.9 Å². The van der Waals surface area contributed by atoms with Gasteiger partial charge in [0.2, 0.25) is 0 Å². The Morgan fingerprint density at radius 2 is 1.67 bits per heavy atom. The monoisotopic (exact) mass is 384 g/mol. The minimum atomic E-state index is -3.72. The second kappa shape index (κ2) is 7.67. The van der Waals surface area contributed by atoms with Gasteiger partial charge in [0.05, 0.1) is 17.2 Å². The first kappa shape index (κ1) is 18.7. The number of amides is 1. The van der Waals surface area contributed by atoms with E-state index in [9.17, 15) is 13.2 Å². The number of hydrogen-bond acceptors (Lipinski definition) is 4. The van der Waals surface area contributed by atoms with Crippen molar-refractivity contribution in [3.63, 3.8) is 0 Å². The first-order valence-corrected chi connectivity index (χ1v) is 9.87. The Bertz CT molecular complexity index is 1010. The molecule has 0 spiro atoms. The average Bonchev–Trinajstić information content (AvgIpc) is 3.18. The minimum Gasteiger partial charge on any atom is -0.467 e. The van der Waals surface area contributed by atoms with Crippen molar-refractivity contribution in [2.24, 2.45) is 0 Å². The Hall–Kier alpha value is -3.06. The highest BCUT2D eigenvalue weighted by atomic mass is 32.2. The quantitative estimate of drug-likeness (QED) is 0.675. The first-order valence-electron chi connectivity index (χ1n) is 8.39. The number of furan rings is 1. The zero-order valence-corrected chi connectivity index (χ0v) is 15.8. The van der Waals surface area contributed by atoms with Gasteiger partial charge in [0, 0.05) is 11.3 Å². The fraction of sp³-hybridized carbons (Fsp3) is 0.150. The van der Waals surface area contributed by atoms with Gasteiger partial charge in [-0.05, 0) is 62.4 Å². The van der Waals surface area contributed by atoms with Crippen molar-refractivity contribution in [2.75, 3.05) is 4.72 Å². The van der Waals surface area contributed by atoms with Crippen molar-refractivity contribution < 1.29 is 17.6 Å². The Morgan fingerprint density at radius 3 is 2.26 bits per heavy atom. The van der Waals surface area contributed by atoms with Gasteiger partial charge >= 0.3 is 0 Å². The van der Waals surface area contributed by atoms with Crippen LogP contribution in [0.2, 0.25) is 0 Å². The first-order chi connectivity index (χ1) is 12.8. The summed E-state index contributed by atoms with van der Waals surface area (Å²) in [7, 11) is -3.72. The molecule has 0 aliphatic heterocycles. The van der Waals surface area contributed by atoms with Crippen molar-refractivity contribution in [1.29, 1.82) is 0 Å². The minimum absolute atomic E-state index is 0.0821. The van der Waals surface area contributed by atoms with Crippen LogP contribution >= 0.6 is 0 Å². The molecule has 3 aromatic rings. The number of aryl methyl sites for hydroxylation is 1. The lowest BCUT2D eigenvalue weighted by molar-refractivity contribution is 0.0935. The normalized spacial score (nSPS) is 12.4. The smallest absolute Gasteiger partial charge is 0.261 e. The average molecular weight is 384 g/mol. The van der Waals surface area contributed by atoms with E-state index in [4.69, 9.17) is 4.42 Å². The molecular weight excluding hydrogens is 364 g/mol. The molecule has 0 saturated heterocycles. The van der Waals surface area contributed by atoms with Crippen LogP contribution in [0.25, 0.3) is 0 Å². The molecule has 1 aromatic heterocycles. The van der Waals surface area contributed by atoms with E-state index in [1.807, 2.05) is 19.1 Å². The van der Waals surface area contributed by atoms with Gasteiger partial charge in [-0.1, -0.05) is 17.7 Å². The maximum absolute atomic E-state index is 12.5. The van der Waals surface area contributed by atoms with Gasteiger partial charge in [0.1, 0.15) is 5.76 Å². The van der Waals surface area contributed by atoms with Crippen LogP contribution in [0.3, 0.4) is 0 Å². The van der Waals surface area contributed by atoms with E-state index >= 15 is 0 Å². The highest BCUT2D eigenvalue weighted by Crippen LogP contribution is 2.18. The number of rotatable bonds is 6. The summed E-state index contributed by atoms with van der Waals surface area (Å²) < 4.78 is 32.7. The van der Waals surface area contributed by atoms with Crippen LogP contribution in [0.5, 0.6) is 0 Å². The van der Waals surface area contributed by atoms with Crippen LogP contribution in [0.15, 0.2) is 76.2 Å². The van der Waals surface area contributed by atoms with Gasteiger partial charge in [-0.3, -0.25) is 9.52 Å². The Balaban J connectivity index is 1.70. The van der Waals surface area contributed by atoms with Crippen molar-refractivity contribution in [3.8, 4) is 0 Å². The second-order valence-electron chi connectivity index (χ2n) is 6.21. The van der Waals surface area contributed by atoms with Crippen LogP contribution < -0.4 is 10.0 Å². The highest BCUT2D eigenvalue weighted by molar-refractivity contribution is 7.92. The van der Waals surface area contributed by atoms with E-state index in [0.29, 0.717) is 17.0 Å². The molecule has 1 amide bonds. The second-order valence-corrected chi connectivity index (χ2v) is 7.89. The van der Waals surface area contributed by atoms with Gasteiger partial charge in [-0.25, -0.2) is 8.42 Å². The topological polar surface area (TPSA) is 88.4 Å². The maximum Gasteiger partial charge on any atom is 0.261 e. The number of benzene rings is 2. The lowest BCUT2D eigenvalue weighted by atomic mass is 10.2. The molecule has 0 saturated carbocycles. The van der Waals surface area contributed by atoms with E-state index in [1.54, 1.807) is 37.5 Å². The molecule has 2 N–H and O–H groups in total. The van der Waals surface area contributed by atoms with Crippen LogP contribution in [0.1, 0.15) is 34.6 Å².